The molecule has 1 unspecified atom stereocenters. The second kappa shape index (κ2) is 11.0. The minimum Gasteiger partial charge on any atom is -0.379 e. The molecule has 1 aliphatic heterocycles. The molecule has 1 saturated heterocycles. The van der Waals surface area contributed by atoms with Gasteiger partial charge in [-0.3, -0.25) is 9.89 Å². The summed E-state index contributed by atoms with van der Waals surface area (Å²) in [6.45, 7) is 10.7. The zero-order chi connectivity index (χ0) is 20.5. The van der Waals surface area contributed by atoms with Gasteiger partial charge in [0.1, 0.15) is 0 Å². The third-order valence-electron chi connectivity index (χ3n) is 5.39. The number of benzene rings is 1. The third kappa shape index (κ3) is 6.58. The Balaban J connectivity index is 1.46. The van der Waals surface area contributed by atoms with Crippen molar-refractivity contribution in [2.75, 3.05) is 39.9 Å². The minimum atomic E-state index is 0.472. The predicted molar refractivity (Wildman–Crippen MR) is 117 cm³/mol. The molecule has 2 N–H and O–H groups in total. The van der Waals surface area contributed by atoms with Crippen LogP contribution in [0.1, 0.15) is 25.0 Å². The fraction of sp³-hybridized carbons (Fsp3) is 0.545. The summed E-state index contributed by atoms with van der Waals surface area (Å²) in [7, 11) is 1.82. The van der Waals surface area contributed by atoms with Gasteiger partial charge in [0, 0.05) is 58.2 Å². The maximum atomic E-state index is 5.50. The standard InChI is InChI=1S/C22H34N6O/c1-18(2)21(28-10-12-29-13-11-28)15-26-22(23-3)25-14-19-4-6-20(7-5-19)16-27-9-8-24-17-27/h4-9,17-18,21H,10-16H2,1-3H3,(H2,23,25,26). The van der Waals surface area contributed by atoms with Gasteiger partial charge < -0.3 is 19.9 Å². The fourth-order valence-corrected chi connectivity index (χ4v) is 3.66. The van der Waals surface area contributed by atoms with Crippen molar-refractivity contribution in [3.8, 4) is 0 Å². The number of hydrogen-bond acceptors (Lipinski definition) is 4. The molecule has 1 aromatic heterocycles. The van der Waals surface area contributed by atoms with Crippen LogP contribution in [0.4, 0.5) is 0 Å². The highest BCUT2D eigenvalue weighted by atomic mass is 16.5. The van der Waals surface area contributed by atoms with E-state index in [1.807, 2.05) is 19.6 Å². The number of aliphatic imine (C=N–C) groups is 1. The van der Waals surface area contributed by atoms with Crippen LogP contribution in [0.3, 0.4) is 0 Å². The lowest BCUT2D eigenvalue weighted by molar-refractivity contribution is 0.00752. The summed E-state index contributed by atoms with van der Waals surface area (Å²) in [5, 5.41) is 6.93. The number of rotatable bonds is 8. The first-order valence-electron chi connectivity index (χ1n) is 10.5. The van der Waals surface area contributed by atoms with Gasteiger partial charge in [0.25, 0.3) is 0 Å². The molecular weight excluding hydrogens is 364 g/mol. The Morgan fingerprint density at radius 2 is 1.86 bits per heavy atom. The highest BCUT2D eigenvalue weighted by Gasteiger charge is 2.23. The summed E-state index contributed by atoms with van der Waals surface area (Å²) in [4.78, 5) is 11.0. The van der Waals surface area contributed by atoms with Crippen molar-refractivity contribution in [1.82, 2.24) is 25.1 Å². The monoisotopic (exact) mass is 398 g/mol. The molecule has 1 atom stereocenters. The van der Waals surface area contributed by atoms with E-state index >= 15 is 0 Å². The molecule has 0 radical (unpaired) electrons. The van der Waals surface area contributed by atoms with Crippen LogP contribution in [-0.2, 0) is 17.8 Å². The Kier molecular flexibility index (Phi) is 8.07. The number of imidazole rings is 1. The lowest BCUT2D eigenvalue weighted by atomic mass is 10.0. The molecule has 0 saturated carbocycles. The average Bonchev–Trinajstić information content (AvgIpc) is 3.25. The number of nitrogens with zero attached hydrogens (tertiary/aromatic N) is 4. The van der Waals surface area contributed by atoms with Crippen molar-refractivity contribution in [3.05, 3.63) is 54.1 Å². The Hall–Kier alpha value is -2.38. The lowest BCUT2D eigenvalue weighted by Gasteiger charge is -2.37. The summed E-state index contributed by atoms with van der Waals surface area (Å²) in [6, 6.07) is 9.13. The smallest absolute Gasteiger partial charge is 0.191 e. The molecule has 7 nitrogen and oxygen atoms in total. The molecule has 29 heavy (non-hydrogen) atoms. The van der Waals surface area contributed by atoms with Crippen molar-refractivity contribution >= 4 is 5.96 Å². The Bertz CT molecular complexity index is 735. The molecule has 0 amide bonds. The van der Waals surface area contributed by atoms with Gasteiger partial charge in [0.2, 0.25) is 0 Å². The van der Waals surface area contributed by atoms with E-state index in [-0.39, 0.29) is 0 Å². The number of guanidine groups is 1. The molecule has 0 bridgehead atoms. The van der Waals surface area contributed by atoms with Crippen molar-refractivity contribution < 1.29 is 4.74 Å². The number of ether oxygens (including phenoxy) is 1. The van der Waals surface area contributed by atoms with Crippen LogP contribution in [-0.4, -0.2) is 66.3 Å². The van der Waals surface area contributed by atoms with Gasteiger partial charge in [-0.15, -0.1) is 0 Å². The molecule has 2 heterocycles. The van der Waals surface area contributed by atoms with Crippen molar-refractivity contribution in [2.45, 2.75) is 33.0 Å². The van der Waals surface area contributed by atoms with Crippen molar-refractivity contribution in [3.63, 3.8) is 0 Å². The zero-order valence-electron chi connectivity index (χ0n) is 17.8. The van der Waals surface area contributed by atoms with Gasteiger partial charge in [-0.2, -0.15) is 0 Å². The summed E-state index contributed by atoms with van der Waals surface area (Å²) >= 11 is 0. The first kappa shape index (κ1) is 21.3. The van der Waals surface area contributed by atoms with Crippen LogP contribution in [0, 0.1) is 5.92 Å². The Morgan fingerprint density at radius 3 is 2.48 bits per heavy atom. The maximum Gasteiger partial charge on any atom is 0.191 e. The first-order chi connectivity index (χ1) is 14.2. The van der Waals surface area contributed by atoms with E-state index in [1.165, 1.54) is 11.1 Å². The molecule has 0 aliphatic carbocycles. The predicted octanol–water partition coefficient (Wildman–Crippen LogP) is 1.95. The second-order valence-electron chi connectivity index (χ2n) is 7.82. The van der Waals surface area contributed by atoms with Gasteiger partial charge >= 0.3 is 0 Å². The van der Waals surface area contributed by atoms with Gasteiger partial charge in [0.15, 0.2) is 5.96 Å². The summed E-state index contributed by atoms with van der Waals surface area (Å²) in [5.41, 5.74) is 2.50. The topological polar surface area (TPSA) is 66.7 Å². The molecule has 3 rings (SSSR count). The van der Waals surface area contributed by atoms with Crippen molar-refractivity contribution in [2.24, 2.45) is 10.9 Å². The Morgan fingerprint density at radius 1 is 1.14 bits per heavy atom. The number of nitrogens with one attached hydrogen (secondary N) is 2. The molecule has 7 heteroatoms. The average molecular weight is 399 g/mol. The highest BCUT2D eigenvalue weighted by molar-refractivity contribution is 5.79. The zero-order valence-corrected chi connectivity index (χ0v) is 17.8. The third-order valence-corrected chi connectivity index (χ3v) is 5.39. The molecule has 2 aromatic rings. The van der Waals surface area contributed by atoms with Gasteiger partial charge in [0.05, 0.1) is 19.5 Å². The van der Waals surface area contributed by atoms with E-state index in [0.717, 1.165) is 51.9 Å². The van der Waals surface area contributed by atoms with Gasteiger partial charge in [-0.1, -0.05) is 38.1 Å². The summed E-state index contributed by atoms with van der Waals surface area (Å²) in [5.74, 6) is 1.41. The van der Waals surface area contributed by atoms with Crippen molar-refractivity contribution in [1.29, 1.82) is 0 Å². The van der Waals surface area contributed by atoms with E-state index in [1.54, 1.807) is 6.20 Å². The van der Waals surface area contributed by atoms with Crippen LogP contribution >= 0.6 is 0 Å². The summed E-state index contributed by atoms with van der Waals surface area (Å²) in [6.07, 6.45) is 5.62. The van der Waals surface area contributed by atoms with E-state index in [9.17, 15) is 0 Å². The first-order valence-corrected chi connectivity index (χ1v) is 10.5. The normalized spacial score (nSPS) is 16.8. The molecule has 1 aliphatic rings. The van der Waals surface area contributed by atoms with Crippen LogP contribution in [0.25, 0.3) is 0 Å². The molecule has 0 spiro atoms. The van der Waals surface area contributed by atoms with E-state index in [2.05, 4.69) is 68.2 Å². The molecule has 158 valence electrons. The van der Waals surface area contributed by atoms with Gasteiger partial charge in [-0.25, -0.2) is 4.98 Å². The van der Waals surface area contributed by atoms with E-state index < -0.39 is 0 Å². The number of morpholine rings is 1. The number of hydrogen-bond donors (Lipinski definition) is 2. The minimum absolute atomic E-state index is 0.472. The quantitative estimate of drug-likeness (QED) is 0.526. The SMILES string of the molecule is CN=C(NCc1ccc(Cn2ccnc2)cc1)NCC(C(C)C)N1CCOCC1. The largest absolute Gasteiger partial charge is 0.379 e. The Labute approximate surface area is 174 Å². The van der Waals surface area contributed by atoms with Crippen LogP contribution in [0.15, 0.2) is 48.0 Å². The molecule has 1 aromatic carbocycles. The summed E-state index contributed by atoms with van der Waals surface area (Å²) < 4.78 is 7.57. The van der Waals surface area contributed by atoms with Crippen LogP contribution in [0.2, 0.25) is 0 Å². The van der Waals surface area contributed by atoms with E-state index in [4.69, 9.17) is 4.74 Å². The fourth-order valence-electron chi connectivity index (χ4n) is 3.66. The highest BCUT2D eigenvalue weighted by Crippen LogP contribution is 2.12. The van der Waals surface area contributed by atoms with E-state index in [0.29, 0.717) is 12.0 Å². The lowest BCUT2D eigenvalue weighted by Crippen LogP contribution is -2.52. The molecular formula is C22H34N6O. The maximum absolute atomic E-state index is 5.50. The number of aromatic nitrogens is 2. The van der Waals surface area contributed by atoms with Gasteiger partial charge in [-0.05, 0) is 17.0 Å². The second-order valence-corrected chi connectivity index (χ2v) is 7.82. The van der Waals surface area contributed by atoms with Crippen LogP contribution < -0.4 is 10.6 Å². The molecule has 1 fully saturated rings. The van der Waals surface area contributed by atoms with Crippen LogP contribution in [0.5, 0.6) is 0 Å².